The molecule has 1 heterocycles. The van der Waals surface area contributed by atoms with Crippen molar-refractivity contribution in [3.8, 4) is 11.5 Å². The van der Waals surface area contributed by atoms with Crippen LogP contribution in [0.15, 0.2) is 24.4 Å². The van der Waals surface area contributed by atoms with Gasteiger partial charge in [0.25, 0.3) is 5.91 Å². The van der Waals surface area contributed by atoms with Crippen molar-refractivity contribution in [2.45, 2.75) is 33.2 Å². The molecule has 146 valence electrons. The van der Waals surface area contributed by atoms with Crippen LogP contribution in [0.3, 0.4) is 0 Å². The van der Waals surface area contributed by atoms with Gasteiger partial charge in [-0.3, -0.25) is 9.59 Å². The largest absolute Gasteiger partial charge is 0.497 e. The Kier molecular flexibility index (Phi) is 7.18. The topological polar surface area (TPSA) is 80.8 Å². The molecule has 1 aromatic heterocycles. The molecule has 27 heavy (non-hydrogen) atoms. The Morgan fingerprint density at radius 1 is 1.30 bits per heavy atom. The van der Waals surface area contributed by atoms with Crippen molar-refractivity contribution in [2.24, 2.45) is 0 Å². The highest BCUT2D eigenvalue weighted by atomic mass is 32.1. The third kappa shape index (κ3) is 5.19. The van der Waals surface area contributed by atoms with E-state index in [1.165, 1.54) is 18.4 Å². The predicted octanol–water partition coefficient (Wildman–Crippen LogP) is 3.35. The molecule has 0 bridgehead atoms. The number of ether oxygens (including phenoxy) is 2. The Labute approximate surface area is 163 Å². The second-order valence-corrected chi connectivity index (χ2v) is 7.32. The smallest absolute Gasteiger partial charge is 0.258 e. The number of anilines is 1. The third-order valence-corrected chi connectivity index (χ3v) is 5.03. The summed E-state index contributed by atoms with van der Waals surface area (Å²) < 4.78 is 10.5. The van der Waals surface area contributed by atoms with E-state index in [-0.39, 0.29) is 24.4 Å². The predicted molar refractivity (Wildman–Crippen MR) is 106 cm³/mol. The molecule has 0 saturated carbocycles. The molecule has 2 rings (SSSR count). The molecule has 7 nitrogen and oxygen atoms in total. The van der Waals surface area contributed by atoms with Gasteiger partial charge >= 0.3 is 0 Å². The van der Waals surface area contributed by atoms with Crippen LogP contribution in [-0.2, 0) is 4.79 Å². The van der Waals surface area contributed by atoms with E-state index < -0.39 is 0 Å². The lowest BCUT2D eigenvalue weighted by Gasteiger charge is -2.28. The lowest BCUT2D eigenvalue weighted by atomic mass is 10.1. The second-order valence-electron chi connectivity index (χ2n) is 6.08. The van der Waals surface area contributed by atoms with E-state index >= 15 is 0 Å². The van der Waals surface area contributed by atoms with Crippen molar-refractivity contribution in [3.63, 3.8) is 0 Å². The van der Waals surface area contributed by atoms with Gasteiger partial charge in [-0.15, -0.1) is 11.3 Å². The Morgan fingerprint density at radius 3 is 2.59 bits per heavy atom. The lowest BCUT2D eigenvalue weighted by molar-refractivity contribution is -0.117. The van der Waals surface area contributed by atoms with Crippen LogP contribution in [0.2, 0.25) is 0 Å². The van der Waals surface area contributed by atoms with Crippen molar-refractivity contribution >= 4 is 28.3 Å². The van der Waals surface area contributed by atoms with E-state index in [4.69, 9.17) is 9.47 Å². The van der Waals surface area contributed by atoms with Crippen LogP contribution < -0.4 is 14.8 Å². The fraction of sp³-hybridized carbons (Fsp3) is 0.421. The van der Waals surface area contributed by atoms with Gasteiger partial charge in [0.05, 0.1) is 19.8 Å². The molecular formula is C19H25N3O4S. The van der Waals surface area contributed by atoms with Gasteiger partial charge in [0.15, 0.2) is 5.13 Å². The number of rotatable bonds is 8. The summed E-state index contributed by atoms with van der Waals surface area (Å²) in [6.07, 6.45) is 2.41. The first kappa shape index (κ1) is 20.7. The van der Waals surface area contributed by atoms with E-state index in [2.05, 4.69) is 10.3 Å². The first-order valence-electron chi connectivity index (χ1n) is 8.64. The molecule has 1 aromatic carbocycles. The standard InChI is InChI=1S/C19H25N3O4S/c1-6-12(2)22(11-17(23)21-19-20-10-13(3)27-19)18(24)15-8-7-14(25-4)9-16(15)26-5/h7-10,12H,6,11H2,1-5H3,(H,20,21,23). The van der Waals surface area contributed by atoms with Crippen LogP contribution in [0.4, 0.5) is 5.13 Å². The summed E-state index contributed by atoms with van der Waals surface area (Å²) in [5.41, 5.74) is 0.386. The maximum Gasteiger partial charge on any atom is 0.258 e. The van der Waals surface area contributed by atoms with Crippen molar-refractivity contribution in [3.05, 3.63) is 34.8 Å². The summed E-state index contributed by atoms with van der Waals surface area (Å²) in [5.74, 6) is 0.443. The summed E-state index contributed by atoms with van der Waals surface area (Å²) in [4.78, 5) is 32.3. The van der Waals surface area contributed by atoms with Crippen LogP contribution >= 0.6 is 11.3 Å². The molecule has 0 fully saturated rings. The normalized spacial score (nSPS) is 11.6. The van der Waals surface area contributed by atoms with Crippen molar-refractivity contribution in [1.82, 2.24) is 9.88 Å². The Morgan fingerprint density at radius 2 is 2.04 bits per heavy atom. The average molecular weight is 391 g/mol. The van der Waals surface area contributed by atoms with Gasteiger partial charge in [-0.05, 0) is 32.4 Å². The van der Waals surface area contributed by atoms with Crippen LogP contribution in [0.1, 0.15) is 35.5 Å². The molecule has 0 radical (unpaired) electrons. The summed E-state index contributed by atoms with van der Waals surface area (Å²) in [5, 5.41) is 3.27. The minimum Gasteiger partial charge on any atom is -0.497 e. The minimum atomic E-state index is -0.287. The highest BCUT2D eigenvalue weighted by Gasteiger charge is 2.26. The van der Waals surface area contributed by atoms with Gasteiger partial charge in [0.2, 0.25) is 5.91 Å². The molecule has 1 atom stereocenters. The summed E-state index contributed by atoms with van der Waals surface area (Å²) in [6.45, 7) is 5.73. The van der Waals surface area contributed by atoms with Gasteiger partial charge in [0, 0.05) is 23.2 Å². The maximum atomic E-state index is 13.1. The third-order valence-electron chi connectivity index (χ3n) is 4.20. The van der Waals surface area contributed by atoms with Crippen LogP contribution in [-0.4, -0.2) is 48.5 Å². The molecule has 0 saturated heterocycles. The second kappa shape index (κ2) is 9.36. The first-order valence-corrected chi connectivity index (χ1v) is 9.46. The number of benzene rings is 1. The molecule has 8 heteroatoms. The van der Waals surface area contributed by atoms with E-state index in [0.717, 1.165) is 4.88 Å². The van der Waals surface area contributed by atoms with Crippen LogP contribution in [0.5, 0.6) is 11.5 Å². The quantitative estimate of drug-likeness (QED) is 0.746. The number of nitrogens with zero attached hydrogens (tertiary/aromatic N) is 2. The number of methoxy groups -OCH3 is 2. The van der Waals surface area contributed by atoms with Crippen LogP contribution in [0.25, 0.3) is 0 Å². The Balaban J connectivity index is 2.22. The summed E-state index contributed by atoms with van der Waals surface area (Å²) in [7, 11) is 3.04. The SMILES string of the molecule is CCC(C)N(CC(=O)Nc1ncc(C)s1)C(=O)c1ccc(OC)cc1OC. The average Bonchev–Trinajstić information content (AvgIpc) is 3.08. The van der Waals surface area contributed by atoms with Gasteiger partial charge < -0.3 is 19.7 Å². The Bertz CT molecular complexity index is 806. The van der Waals surface area contributed by atoms with Gasteiger partial charge in [-0.2, -0.15) is 0 Å². The number of amides is 2. The Hall–Kier alpha value is -2.61. The van der Waals surface area contributed by atoms with Crippen LogP contribution in [0, 0.1) is 6.92 Å². The van der Waals surface area contributed by atoms with E-state index in [1.54, 1.807) is 36.4 Å². The van der Waals surface area contributed by atoms with Crippen molar-refractivity contribution < 1.29 is 19.1 Å². The fourth-order valence-electron chi connectivity index (χ4n) is 2.50. The molecular weight excluding hydrogens is 366 g/mol. The monoisotopic (exact) mass is 391 g/mol. The number of carbonyl (C=O) groups is 2. The molecule has 1 unspecified atom stereocenters. The molecule has 0 aliphatic carbocycles. The maximum absolute atomic E-state index is 13.1. The van der Waals surface area contributed by atoms with Gasteiger partial charge in [0.1, 0.15) is 18.0 Å². The van der Waals surface area contributed by atoms with E-state index in [1.807, 2.05) is 20.8 Å². The van der Waals surface area contributed by atoms with E-state index in [0.29, 0.717) is 28.6 Å². The highest BCUT2D eigenvalue weighted by Crippen LogP contribution is 2.26. The molecule has 2 aromatic rings. The minimum absolute atomic E-state index is 0.0678. The summed E-state index contributed by atoms with van der Waals surface area (Å²) in [6, 6.07) is 4.88. The lowest BCUT2D eigenvalue weighted by Crippen LogP contribution is -2.43. The molecule has 1 N–H and O–H groups in total. The number of aromatic nitrogens is 1. The fourth-order valence-corrected chi connectivity index (χ4v) is 3.18. The number of thiazole rings is 1. The highest BCUT2D eigenvalue weighted by molar-refractivity contribution is 7.15. The first-order chi connectivity index (χ1) is 12.9. The van der Waals surface area contributed by atoms with Gasteiger partial charge in [-0.1, -0.05) is 6.92 Å². The van der Waals surface area contributed by atoms with Gasteiger partial charge in [-0.25, -0.2) is 4.98 Å². The van der Waals surface area contributed by atoms with Crippen molar-refractivity contribution in [2.75, 3.05) is 26.1 Å². The van der Waals surface area contributed by atoms with E-state index in [9.17, 15) is 9.59 Å². The zero-order valence-corrected chi connectivity index (χ0v) is 17.1. The molecule has 0 aliphatic rings. The number of hydrogen-bond donors (Lipinski definition) is 1. The molecule has 0 spiro atoms. The zero-order valence-electron chi connectivity index (χ0n) is 16.2. The summed E-state index contributed by atoms with van der Waals surface area (Å²) >= 11 is 1.39. The molecule has 0 aliphatic heterocycles. The number of nitrogens with one attached hydrogen (secondary N) is 1. The van der Waals surface area contributed by atoms with Crippen molar-refractivity contribution in [1.29, 1.82) is 0 Å². The zero-order chi connectivity index (χ0) is 20.0. The number of carbonyl (C=O) groups excluding carboxylic acids is 2. The number of aryl methyl sites for hydroxylation is 1. The molecule has 2 amide bonds. The number of hydrogen-bond acceptors (Lipinski definition) is 6.